The zero-order chi connectivity index (χ0) is 37.3. The molecule has 2 aliphatic rings. The predicted molar refractivity (Wildman–Crippen MR) is 196 cm³/mol. The first kappa shape index (κ1) is 36.3. The van der Waals surface area contributed by atoms with Crippen molar-refractivity contribution < 1.29 is 22.8 Å². The van der Waals surface area contributed by atoms with Crippen molar-refractivity contribution in [3.63, 3.8) is 0 Å². The average Bonchev–Trinajstić information content (AvgIpc) is 3.76. The van der Waals surface area contributed by atoms with Gasteiger partial charge >= 0.3 is 6.18 Å². The molecule has 0 bridgehead atoms. The summed E-state index contributed by atoms with van der Waals surface area (Å²) in [6, 6.07) is 17.5. The number of fused-ring (bicyclic) bond motifs is 1. The van der Waals surface area contributed by atoms with E-state index in [2.05, 4.69) is 31.2 Å². The molecule has 3 aromatic heterocycles. The van der Waals surface area contributed by atoms with Gasteiger partial charge in [-0.25, -0.2) is 9.97 Å². The van der Waals surface area contributed by atoms with Crippen molar-refractivity contribution in [1.82, 2.24) is 35.6 Å². The fourth-order valence-electron chi connectivity index (χ4n) is 7.03. The highest BCUT2D eigenvalue weighted by Crippen LogP contribution is 2.41. The van der Waals surface area contributed by atoms with Crippen LogP contribution in [0.25, 0.3) is 39.2 Å². The number of rotatable bonds is 11. The van der Waals surface area contributed by atoms with Crippen LogP contribution < -0.4 is 26.8 Å². The molecule has 0 spiro atoms. The molecule has 2 amide bonds. The third-order valence-corrected chi connectivity index (χ3v) is 10.2. The molecule has 274 valence electrons. The van der Waals surface area contributed by atoms with Gasteiger partial charge in [0.05, 0.1) is 10.7 Å². The van der Waals surface area contributed by atoms with Gasteiger partial charge in [0.25, 0.3) is 5.56 Å². The molecule has 5 heterocycles. The van der Waals surface area contributed by atoms with Crippen molar-refractivity contribution in [1.29, 1.82) is 0 Å². The molecule has 10 nitrogen and oxygen atoms in total. The number of nitrogens with one attached hydrogen (secondary N) is 4. The maximum Gasteiger partial charge on any atom is 0.433 e. The first-order valence-corrected chi connectivity index (χ1v) is 17.8. The summed E-state index contributed by atoms with van der Waals surface area (Å²) in [4.78, 5) is 44.8. The topological polar surface area (TPSA) is 130 Å². The van der Waals surface area contributed by atoms with Crippen LogP contribution in [0.1, 0.15) is 48.1 Å². The second kappa shape index (κ2) is 15.1. The van der Waals surface area contributed by atoms with Gasteiger partial charge in [-0.05, 0) is 65.8 Å². The number of nitrogens with zero attached hydrogens (tertiary/aromatic N) is 3. The van der Waals surface area contributed by atoms with Gasteiger partial charge in [-0.2, -0.15) is 13.2 Å². The van der Waals surface area contributed by atoms with E-state index in [4.69, 9.17) is 11.6 Å². The van der Waals surface area contributed by atoms with Crippen molar-refractivity contribution in [3.05, 3.63) is 111 Å². The van der Waals surface area contributed by atoms with E-state index in [0.717, 1.165) is 28.7 Å². The molecule has 4 N–H and O–H groups in total. The molecule has 2 aliphatic heterocycles. The van der Waals surface area contributed by atoms with E-state index in [9.17, 15) is 27.6 Å². The van der Waals surface area contributed by atoms with Gasteiger partial charge in [-0.1, -0.05) is 54.1 Å². The summed E-state index contributed by atoms with van der Waals surface area (Å²) < 4.78 is 44.3. The standard InChI is InChI=1S/C39H37ClF3N7O3/c1-22-28(23-14-15-50-33(16-23)46-19-25(38(50)53)18-45-21-27-10-13-35(52)48-27)4-2-5-29(22)30-6-3-7-31(36(30)40)32-11-8-24(37(49-32)39(41,42)43)17-44-20-26-9-12-34(51)47-26/h2-8,11,14-16,19,26-27,44-45H,9-10,12-13,17-18,20-21H2,1H3,(H,47,51)(H,48,52)/t26-,27-/m0/s1. The minimum absolute atomic E-state index is 0.00275. The number of hydrogen-bond donors (Lipinski definition) is 4. The molecular formula is C39H37ClF3N7O3. The number of aromatic nitrogens is 3. The first-order chi connectivity index (χ1) is 25.5. The number of carbonyl (C=O) groups is 2. The van der Waals surface area contributed by atoms with Crippen molar-refractivity contribution in [3.8, 4) is 33.5 Å². The zero-order valence-corrected chi connectivity index (χ0v) is 29.6. The Labute approximate surface area is 308 Å². The third-order valence-electron chi connectivity index (χ3n) is 9.82. The summed E-state index contributed by atoms with van der Waals surface area (Å²) in [5.41, 5.74) is 4.23. The van der Waals surface area contributed by atoms with Crippen LogP contribution in [0.5, 0.6) is 0 Å². The van der Waals surface area contributed by atoms with Crippen molar-refractivity contribution in [2.24, 2.45) is 0 Å². The summed E-state index contributed by atoms with van der Waals surface area (Å²) in [6.07, 6.45) is 0.881. The summed E-state index contributed by atoms with van der Waals surface area (Å²) in [7, 11) is 0. The van der Waals surface area contributed by atoms with Gasteiger partial charge in [0.15, 0.2) is 0 Å². The van der Waals surface area contributed by atoms with Crippen LogP contribution in [-0.2, 0) is 28.9 Å². The Bertz CT molecular complexity index is 2280. The highest BCUT2D eigenvalue weighted by Gasteiger charge is 2.36. The summed E-state index contributed by atoms with van der Waals surface area (Å²) in [5, 5.41) is 12.2. The minimum atomic E-state index is -4.70. The Kier molecular flexibility index (Phi) is 10.3. The van der Waals surface area contributed by atoms with Gasteiger partial charge in [0, 0.05) is 80.2 Å². The van der Waals surface area contributed by atoms with Crippen LogP contribution in [0, 0.1) is 6.92 Å². The van der Waals surface area contributed by atoms with Gasteiger partial charge < -0.3 is 21.3 Å². The largest absolute Gasteiger partial charge is 0.433 e. The zero-order valence-electron chi connectivity index (χ0n) is 28.8. The molecule has 5 aromatic rings. The summed E-state index contributed by atoms with van der Waals surface area (Å²) in [6.45, 7) is 3.12. The molecule has 0 aliphatic carbocycles. The fourth-order valence-corrected chi connectivity index (χ4v) is 7.35. The number of alkyl halides is 3. The highest BCUT2D eigenvalue weighted by molar-refractivity contribution is 6.36. The Morgan fingerprint density at radius 2 is 1.45 bits per heavy atom. The van der Waals surface area contributed by atoms with Gasteiger partial charge in [-0.3, -0.25) is 18.8 Å². The van der Waals surface area contributed by atoms with Crippen molar-refractivity contribution >= 4 is 29.1 Å². The van der Waals surface area contributed by atoms with Crippen molar-refractivity contribution in [2.75, 3.05) is 13.1 Å². The van der Waals surface area contributed by atoms with E-state index < -0.39 is 11.9 Å². The van der Waals surface area contributed by atoms with Crippen molar-refractivity contribution in [2.45, 2.75) is 64.0 Å². The number of carbonyl (C=O) groups excluding carboxylic acids is 2. The van der Waals surface area contributed by atoms with E-state index in [0.29, 0.717) is 61.2 Å². The molecule has 7 rings (SSSR count). The normalized spacial score (nSPS) is 17.4. The van der Waals surface area contributed by atoms with Crippen LogP contribution in [-0.4, -0.2) is 51.4 Å². The predicted octanol–water partition coefficient (Wildman–Crippen LogP) is 5.81. The van der Waals surface area contributed by atoms with E-state index in [1.165, 1.54) is 10.5 Å². The quantitative estimate of drug-likeness (QED) is 0.135. The maximum absolute atomic E-state index is 14.3. The molecule has 2 fully saturated rings. The van der Waals surface area contributed by atoms with Gasteiger partial charge in [0.1, 0.15) is 11.3 Å². The first-order valence-electron chi connectivity index (χ1n) is 17.4. The van der Waals surface area contributed by atoms with E-state index >= 15 is 0 Å². The third kappa shape index (κ3) is 7.82. The lowest BCUT2D eigenvalue weighted by Crippen LogP contribution is -2.36. The lowest BCUT2D eigenvalue weighted by molar-refractivity contribution is -0.141. The van der Waals surface area contributed by atoms with Gasteiger partial charge in [-0.15, -0.1) is 0 Å². The lowest BCUT2D eigenvalue weighted by atomic mass is 9.92. The second-order valence-electron chi connectivity index (χ2n) is 13.4. The number of amides is 2. The smallest absolute Gasteiger partial charge is 0.352 e. The Morgan fingerprint density at radius 3 is 2.09 bits per heavy atom. The molecular weight excluding hydrogens is 707 g/mol. The Morgan fingerprint density at radius 1 is 0.830 bits per heavy atom. The van der Waals surface area contributed by atoms with Crippen LogP contribution >= 0.6 is 11.6 Å². The Hall–Kier alpha value is -5.11. The number of benzene rings is 2. The number of pyridine rings is 2. The van der Waals surface area contributed by atoms with Crippen LogP contribution in [0.4, 0.5) is 13.2 Å². The number of halogens is 4. The van der Waals surface area contributed by atoms with E-state index in [-0.39, 0.29) is 52.3 Å². The van der Waals surface area contributed by atoms with E-state index in [1.54, 1.807) is 30.6 Å². The van der Waals surface area contributed by atoms with Crippen LogP contribution in [0.2, 0.25) is 5.02 Å². The van der Waals surface area contributed by atoms with E-state index in [1.807, 2.05) is 43.3 Å². The summed E-state index contributed by atoms with van der Waals surface area (Å²) >= 11 is 6.97. The second-order valence-corrected chi connectivity index (χ2v) is 13.8. The van der Waals surface area contributed by atoms with Crippen LogP contribution in [0.3, 0.4) is 0 Å². The fraction of sp³-hybridized carbons (Fsp3) is 0.308. The lowest BCUT2D eigenvalue weighted by Gasteiger charge is -2.18. The molecule has 0 unspecified atom stereocenters. The van der Waals surface area contributed by atoms with Crippen LogP contribution in [0.15, 0.2) is 77.9 Å². The Balaban J connectivity index is 1.13. The molecule has 2 atom stereocenters. The maximum atomic E-state index is 14.3. The summed E-state index contributed by atoms with van der Waals surface area (Å²) in [5.74, 6) is -0.0193. The minimum Gasteiger partial charge on any atom is -0.352 e. The molecule has 0 saturated carbocycles. The molecule has 0 radical (unpaired) electrons. The molecule has 14 heteroatoms. The number of hydrogen-bond acceptors (Lipinski definition) is 7. The van der Waals surface area contributed by atoms with Gasteiger partial charge in [0.2, 0.25) is 11.8 Å². The average molecular weight is 744 g/mol. The molecule has 2 aromatic carbocycles. The SMILES string of the molecule is Cc1c(-c2ccn3c(=O)c(CNC[C@@H]4CCC(=O)N4)cnc3c2)cccc1-c1cccc(-c2ccc(CNC[C@@H]3CCC(=O)N3)c(C(F)(F)F)n2)c1Cl. The highest BCUT2D eigenvalue weighted by atomic mass is 35.5. The molecule has 2 saturated heterocycles. The monoisotopic (exact) mass is 743 g/mol. The molecule has 53 heavy (non-hydrogen) atoms.